The molecule has 2 saturated carbocycles. The van der Waals surface area contributed by atoms with Crippen LogP contribution < -0.4 is 5.32 Å². The summed E-state index contributed by atoms with van der Waals surface area (Å²) in [4.78, 5) is 3.08. The first kappa shape index (κ1) is 11.7. The van der Waals surface area contributed by atoms with Gasteiger partial charge in [-0.1, -0.05) is 13.3 Å². The third kappa shape index (κ3) is 1.96. The van der Waals surface area contributed by atoms with Crippen LogP contribution in [-0.4, -0.2) is 6.54 Å². The Morgan fingerprint density at radius 1 is 1.35 bits per heavy atom. The van der Waals surface area contributed by atoms with Crippen molar-refractivity contribution < 1.29 is 0 Å². The molecule has 0 aromatic carbocycles. The van der Waals surface area contributed by atoms with E-state index >= 15 is 0 Å². The fraction of sp³-hybridized carbons (Fsp3) is 0.733. The van der Waals surface area contributed by atoms with E-state index < -0.39 is 0 Å². The molecule has 0 spiro atoms. The summed E-state index contributed by atoms with van der Waals surface area (Å²) in [6.07, 6.45) is 4.45. The van der Waals surface area contributed by atoms with Gasteiger partial charge in [0.05, 0.1) is 0 Å². The van der Waals surface area contributed by atoms with Gasteiger partial charge in [-0.25, -0.2) is 0 Å². The summed E-state index contributed by atoms with van der Waals surface area (Å²) >= 11 is 2.01. The van der Waals surface area contributed by atoms with Crippen LogP contribution in [0.25, 0.3) is 0 Å². The summed E-state index contributed by atoms with van der Waals surface area (Å²) < 4.78 is 0. The highest BCUT2D eigenvalue weighted by atomic mass is 32.1. The van der Waals surface area contributed by atoms with E-state index in [1.165, 1.54) is 29.7 Å². The Morgan fingerprint density at radius 2 is 2.06 bits per heavy atom. The molecule has 3 atom stereocenters. The second-order valence-corrected chi connectivity index (χ2v) is 7.06. The molecule has 3 unspecified atom stereocenters. The maximum atomic E-state index is 3.75. The smallest absolute Gasteiger partial charge is 0.0451 e. The summed E-state index contributed by atoms with van der Waals surface area (Å²) in [6.45, 7) is 7.84. The van der Waals surface area contributed by atoms with Crippen molar-refractivity contribution in [2.24, 2.45) is 17.8 Å². The molecule has 94 valence electrons. The first-order chi connectivity index (χ1) is 8.22. The molecular formula is C15H23NS. The average Bonchev–Trinajstić information content (AvgIpc) is 2.64. The lowest BCUT2D eigenvalue weighted by molar-refractivity contribution is 0.430. The number of aryl methyl sites for hydroxylation is 2. The molecule has 1 heterocycles. The summed E-state index contributed by atoms with van der Waals surface area (Å²) in [5.74, 6) is 3.03. The lowest BCUT2D eigenvalue weighted by Crippen LogP contribution is -2.24. The van der Waals surface area contributed by atoms with Crippen molar-refractivity contribution in [3.63, 3.8) is 0 Å². The Labute approximate surface area is 109 Å². The van der Waals surface area contributed by atoms with Crippen LogP contribution in [0, 0.1) is 31.6 Å². The van der Waals surface area contributed by atoms with E-state index in [2.05, 4.69) is 32.2 Å². The lowest BCUT2D eigenvalue weighted by Gasteiger charge is -2.19. The molecule has 2 fully saturated rings. The first-order valence-corrected chi connectivity index (χ1v) is 7.84. The molecule has 2 heteroatoms. The molecule has 0 radical (unpaired) electrons. The standard InChI is InChI=1S/C15H23NS/c1-4-16-14(13-11-6-5-7-12(11)13)15-9(2)8-10(3)17-15/h8,11-14,16H,4-7H2,1-3H3. The fourth-order valence-corrected chi connectivity index (χ4v) is 5.13. The zero-order valence-corrected chi connectivity index (χ0v) is 11.9. The second-order valence-electron chi connectivity index (χ2n) is 5.78. The minimum absolute atomic E-state index is 0.647. The van der Waals surface area contributed by atoms with Crippen molar-refractivity contribution in [1.82, 2.24) is 5.32 Å². The Hall–Kier alpha value is -0.340. The highest BCUT2D eigenvalue weighted by Crippen LogP contribution is 2.62. The normalized spacial score (nSPS) is 32.5. The van der Waals surface area contributed by atoms with E-state index in [0.717, 1.165) is 24.3 Å². The van der Waals surface area contributed by atoms with Gasteiger partial charge in [-0.3, -0.25) is 0 Å². The summed E-state index contributed by atoms with van der Waals surface area (Å²) in [6, 6.07) is 3.00. The minimum Gasteiger partial charge on any atom is -0.309 e. The number of thiophene rings is 1. The highest BCUT2D eigenvalue weighted by molar-refractivity contribution is 7.12. The average molecular weight is 249 g/mol. The van der Waals surface area contributed by atoms with Crippen molar-refractivity contribution in [1.29, 1.82) is 0 Å². The highest BCUT2D eigenvalue weighted by Gasteiger charge is 2.56. The lowest BCUT2D eigenvalue weighted by atomic mass is 10.0. The van der Waals surface area contributed by atoms with E-state index in [1.54, 1.807) is 4.88 Å². The molecule has 3 rings (SSSR count). The topological polar surface area (TPSA) is 12.0 Å². The molecule has 2 aliphatic rings. The minimum atomic E-state index is 0.647. The summed E-state index contributed by atoms with van der Waals surface area (Å²) in [5.41, 5.74) is 1.50. The maximum absolute atomic E-state index is 3.75. The largest absolute Gasteiger partial charge is 0.309 e. The Kier molecular flexibility index (Phi) is 3.04. The summed E-state index contributed by atoms with van der Waals surface area (Å²) in [7, 11) is 0. The predicted molar refractivity (Wildman–Crippen MR) is 74.5 cm³/mol. The van der Waals surface area contributed by atoms with E-state index in [4.69, 9.17) is 0 Å². The molecule has 17 heavy (non-hydrogen) atoms. The second kappa shape index (κ2) is 4.40. The number of hydrogen-bond acceptors (Lipinski definition) is 2. The van der Waals surface area contributed by atoms with Crippen LogP contribution in [-0.2, 0) is 0 Å². The number of fused-ring (bicyclic) bond motifs is 1. The molecule has 1 nitrogen and oxygen atoms in total. The van der Waals surface area contributed by atoms with Crippen LogP contribution in [0.5, 0.6) is 0 Å². The van der Waals surface area contributed by atoms with Crippen LogP contribution in [0.2, 0.25) is 0 Å². The summed E-state index contributed by atoms with van der Waals surface area (Å²) in [5, 5.41) is 3.75. The predicted octanol–water partition coefficient (Wildman–Crippen LogP) is 4.06. The quantitative estimate of drug-likeness (QED) is 0.848. The van der Waals surface area contributed by atoms with Gasteiger partial charge < -0.3 is 5.32 Å². The van der Waals surface area contributed by atoms with E-state index in [1.807, 2.05) is 11.3 Å². The molecule has 2 aliphatic carbocycles. The van der Waals surface area contributed by atoms with Gasteiger partial charge in [-0.15, -0.1) is 11.3 Å². The van der Waals surface area contributed by atoms with Gasteiger partial charge >= 0.3 is 0 Å². The van der Waals surface area contributed by atoms with Gasteiger partial charge in [0.15, 0.2) is 0 Å². The van der Waals surface area contributed by atoms with Gasteiger partial charge in [-0.05, 0) is 62.6 Å². The zero-order chi connectivity index (χ0) is 12.0. The van der Waals surface area contributed by atoms with Gasteiger partial charge in [0, 0.05) is 15.8 Å². The van der Waals surface area contributed by atoms with Crippen molar-refractivity contribution in [3.8, 4) is 0 Å². The maximum Gasteiger partial charge on any atom is 0.0451 e. The molecule has 0 saturated heterocycles. The van der Waals surface area contributed by atoms with Gasteiger partial charge in [0.1, 0.15) is 0 Å². The number of hydrogen-bond donors (Lipinski definition) is 1. The third-order valence-corrected chi connectivity index (χ3v) is 5.88. The molecule has 0 amide bonds. The Balaban J connectivity index is 1.83. The van der Waals surface area contributed by atoms with Crippen molar-refractivity contribution >= 4 is 11.3 Å². The number of rotatable bonds is 4. The van der Waals surface area contributed by atoms with Crippen molar-refractivity contribution in [3.05, 3.63) is 21.4 Å². The number of nitrogens with one attached hydrogen (secondary N) is 1. The molecular weight excluding hydrogens is 226 g/mol. The monoisotopic (exact) mass is 249 g/mol. The van der Waals surface area contributed by atoms with E-state index in [0.29, 0.717) is 6.04 Å². The van der Waals surface area contributed by atoms with Crippen LogP contribution in [0.4, 0.5) is 0 Å². The Bertz CT molecular complexity index is 399. The molecule has 0 bridgehead atoms. The zero-order valence-electron chi connectivity index (χ0n) is 11.1. The molecule has 0 aliphatic heterocycles. The van der Waals surface area contributed by atoms with E-state index in [-0.39, 0.29) is 0 Å². The SMILES string of the molecule is CCNC(c1sc(C)cc1C)C1C2CCCC21. The van der Waals surface area contributed by atoms with Crippen molar-refractivity contribution in [2.75, 3.05) is 6.54 Å². The van der Waals surface area contributed by atoms with Crippen LogP contribution in [0.1, 0.15) is 47.5 Å². The van der Waals surface area contributed by atoms with Gasteiger partial charge in [0.25, 0.3) is 0 Å². The molecule has 1 N–H and O–H groups in total. The van der Waals surface area contributed by atoms with Gasteiger partial charge in [0.2, 0.25) is 0 Å². The van der Waals surface area contributed by atoms with Crippen LogP contribution >= 0.6 is 11.3 Å². The first-order valence-electron chi connectivity index (χ1n) is 7.02. The van der Waals surface area contributed by atoms with Crippen LogP contribution in [0.3, 0.4) is 0 Å². The van der Waals surface area contributed by atoms with Gasteiger partial charge in [-0.2, -0.15) is 0 Å². The molecule has 1 aromatic rings. The third-order valence-electron chi connectivity index (χ3n) is 4.64. The van der Waals surface area contributed by atoms with Crippen molar-refractivity contribution in [2.45, 2.75) is 46.1 Å². The van der Waals surface area contributed by atoms with E-state index in [9.17, 15) is 0 Å². The molecule has 1 aromatic heterocycles. The van der Waals surface area contributed by atoms with Crippen LogP contribution in [0.15, 0.2) is 6.07 Å². The fourth-order valence-electron chi connectivity index (χ4n) is 3.96. The Morgan fingerprint density at radius 3 is 2.59 bits per heavy atom.